The van der Waals surface area contributed by atoms with E-state index in [1.54, 1.807) is 18.7 Å². The number of hydrogen-bond donors (Lipinski definition) is 1. The lowest BCUT2D eigenvalue weighted by Crippen LogP contribution is -2.42. The van der Waals surface area contributed by atoms with Crippen molar-refractivity contribution in [3.05, 3.63) is 24.8 Å². The van der Waals surface area contributed by atoms with Crippen LogP contribution in [0.1, 0.15) is 25.3 Å². The predicted molar refractivity (Wildman–Crippen MR) is 84.9 cm³/mol. The maximum absolute atomic E-state index is 12.5. The Morgan fingerprint density at radius 1 is 1.36 bits per heavy atom. The van der Waals surface area contributed by atoms with Crippen LogP contribution in [0.4, 0.5) is 13.2 Å². The summed E-state index contributed by atoms with van der Waals surface area (Å²) in [5.74, 6) is -0.866. The molecular weight excluding hydrogens is 335 g/mol. The van der Waals surface area contributed by atoms with Crippen LogP contribution in [0.5, 0.6) is 0 Å². The molecule has 1 aliphatic heterocycles. The van der Waals surface area contributed by atoms with Gasteiger partial charge in [0.25, 0.3) is 0 Å². The fourth-order valence-corrected chi connectivity index (χ4v) is 3.50. The van der Waals surface area contributed by atoms with Gasteiger partial charge < -0.3 is 14.5 Å². The number of hydrogen-bond acceptors (Lipinski definition) is 3. The van der Waals surface area contributed by atoms with E-state index in [1.165, 1.54) is 4.90 Å². The minimum atomic E-state index is -4.48. The van der Waals surface area contributed by atoms with E-state index in [-0.39, 0.29) is 12.6 Å². The second kappa shape index (κ2) is 5.75. The normalized spacial score (nSPS) is 19.0. The van der Waals surface area contributed by atoms with Crippen LogP contribution >= 0.6 is 0 Å². The van der Waals surface area contributed by atoms with Crippen molar-refractivity contribution < 1.29 is 18.0 Å². The molecule has 3 aromatic heterocycles. The molecule has 6 nitrogen and oxygen atoms in total. The summed E-state index contributed by atoms with van der Waals surface area (Å²) < 4.78 is 39.5. The van der Waals surface area contributed by atoms with Crippen LogP contribution in [-0.2, 0) is 4.79 Å². The molecule has 1 atom stereocenters. The lowest BCUT2D eigenvalue weighted by molar-refractivity contribution is -0.162. The summed E-state index contributed by atoms with van der Waals surface area (Å²) in [5.41, 5.74) is 2.35. The van der Waals surface area contributed by atoms with Crippen LogP contribution < -0.4 is 0 Å². The minimum absolute atomic E-state index is 0.101. The lowest BCUT2D eigenvalue weighted by atomic mass is 10.0. The molecule has 0 bridgehead atoms. The van der Waals surface area contributed by atoms with Gasteiger partial charge in [-0.05, 0) is 18.9 Å². The monoisotopic (exact) mass is 351 g/mol. The fraction of sp³-hybridized carbons (Fsp3) is 0.438. The van der Waals surface area contributed by atoms with Gasteiger partial charge in [0, 0.05) is 24.7 Å². The quantitative estimate of drug-likeness (QED) is 0.772. The highest BCUT2D eigenvalue weighted by Crippen LogP contribution is 2.30. The van der Waals surface area contributed by atoms with Crippen LogP contribution in [0.3, 0.4) is 0 Å². The van der Waals surface area contributed by atoms with Crippen LogP contribution in [0, 0.1) is 0 Å². The molecular formula is C16H16F3N5O. The zero-order chi connectivity index (χ0) is 17.6. The van der Waals surface area contributed by atoms with E-state index >= 15 is 0 Å². The molecule has 0 saturated carbocycles. The Morgan fingerprint density at radius 2 is 2.20 bits per heavy atom. The Kier molecular flexibility index (Phi) is 3.66. The van der Waals surface area contributed by atoms with Gasteiger partial charge in [-0.25, -0.2) is 9.97 Å². The largest absolute Gasteiger partial charge is 0.397 e. The number of alkyl halides is 3. The van der Waals surface area contributed by atoms with E-state index in [4.69, 9.17) is 0 Å². The van der Waals surface area contributed by atoms with Gasteiger partial charge in [-0.1, -0.05) is 0 Å². The Bertz CT molecular complexity index is 929. The van der Waals surface area contributed by atoms with Crippen molar-refractivity contribution in [3.63, 3.8) is 0 Å². The molecule has 0 radical (unpaired) electrons. The average molecular weight is 351 g/mol. The van der Waals surface area contributed by atoms with E-state index < -0.39 is 18.5 Å². The second-order valence-electron chi connectivity index (χ2n) is 6.31. The number of nitrogens with one attached hydrogen (secondary N) is 1. The summed E-state index contributed by atoms with van der Waals surface area (Å²) in [6.45, 7) is 0.619. The highest BCUT2D eigenvalue weighted by molar-refractivity contribution is 6.00. The number of carbonyl (C=O) groups excluding carboxylic acids is 1. The standard InChI is InChI=1S/C16H16F3N5O/c17-16(18,19)6-13(25)23-5-1-2-10(8-23)24-9-22-12-7-21-15-11(14(12)24)3-4-20-15/h3-4,7,9-10H,1-2,5-6,8H2,(H,20,21)/t10-/m1/s1. The maximum Gasteiger partial charge on any atom is 0.397 e. The summed E-state index contributed by atoms with van der Waals surface area (Å²) in [6.07, 6.45) is 0.700. The van der Waals surface area contributed by atoms with Crippen LogP contribution in [0.2, 0.25) is 0 Å². The topological polar surface area (TPSA) is 66.8 Å². The third kappa shape index (κ3) is 2.94. The van der Waals surface area contributed by atoms with E-state index in [2.05, 4.69) is 15.0 Å². The number of aromatic nitrogens is 4. The van der Waals surface area contributed by atoms with Gasteiger partial charge in [-0.15, -0.1) is 0 Å². The third-order valence-electron chi connectivity index (χ3n) is 4.61. The van der Waals surface area contributed by atoms with Crippen molar-refractivity contribution in [2.24, 2.45) is 0 Å². The van der Waals surface area contributed by atoms with Gasteiger partial charge in [0.15, 0.2) is 0 Å². The summed E-state index contributed by atoms with van der Waals surface area (Å²) in [4.78, 5) is 24.9. The van der Waals surface area contributed by atoms with Crippen LogP contribution in [-0.4, -0.2) is 49.6 Å². The number of fused-ring (bicyclic) bond motifs is 3. The van der Waals surface area contributed by atoms with Crippen molar-refractivity contribution in [3.8, 4) is 0 Å². The molecule has 1 N–H and O–H groups in total. The number of carbonyl (C=O) groups is 1. The Hall–Kier alpha value is -2.58. The van der Waals surface area contributed by atoms with E-state index in [0.717, 1.165) is 28.5 Å². The molecule has 25 heavy (non-hydrogen) atoms. The number of piperidine rings is 1. The number of likely N-dealkylation sites (tertiary alicyclic amines) is 1. The van der Waals surface area contributed by atoms with Gasteiger partial charge in [-0.2, -0.15) is 13.2 Å². The number of pyridine rings is 1. The van der Waals surface area contributed by atoms with Gasteiger partial charge in [0.2, 0.25) is 5.91 Å². The van der Waals surface area contributed by atoms with Crippen molar-refractivity contribution in [1.82, 2.24) is 24.4 Å². The number of halogens is 3. The molecule has 0 aliphatic carbocycles. The fourth-order valence-electron chi connectivity index (χ4n) is 3.50. The van der Waals surface area contributed by atoms with Crippen molar-refractivity contribution in [2.75, 3.05) is 13.1 Å². The zero-order valence-corrected chi connectivity index (χ0v) is 13.3. The van der Waals surface area contributed by atoms with Gasteiger partial charge in [0.1, 0.15) is 17.6 Å². The Labute approximate surface area is 140 Å². The molecule has 1 saturated heterocycles. The molecule has 1 fully saturated rings. The highest BCUT2D eigenvalue weighted by atomic mass is 19.4. The number of rotatable bonds is 2. The Morgan fingerprint density at radius 3 is 3.00 bits per heavy atom. The van der Waals surface area contributed by atoms with E-state index in [9.17, 15) is 18.0 Å². The molecule has 0 unspecified atom stereocenters. The smallest absolute Gasteiger partial charge is 0.346 e. The minimum Gasteiger partial charge on any atom is -0.346 e. The SMILES string of the molecule is O=C(CC(F)(F)F)N1CCC[C@@H](n2cnc3cnc4[nH]ccc4c32)C1. The van der Waals surface area contributed by atoms with Crippen LogP contribution in [0.25, 0.3) is 22.1 Å². The van der Waals surface area contributed by atoms with Gasteiger partial charge in [0.05, 0.1) is 24.1 Å². The number of aromatic amines is 1. The van der Waals surface area contributed by atoms with Gasteiger partial charge >= 0.3 is 6.18 Å². The summed E-state index contributed by atoms with van der Waals surface area (Å²) in [7, 11) is 0. The first-order valence-electron chi connectivity index (χ1n) is 8.05. The first kappa shape index (κ1) is 15.9. The van der Waals surface area contributed by atoms with E-state index in [0.29, 0.717) is 13.0 Å². The lowest BCUT2D eigenvalue weighted by Gasteiger charge is -2.34. The van der Waals surface area contributed by atoms with Crippen molar-refractivity contribution >= 4 is 28.0 Å². The van der Waals surface area contributed by atoms with Crippen molar-refractivity contribution in [1.29, 1.82) is 0 Å². The number of nitrogens with zero attached hydrogens (tertiary/aromatic N) is 4. The molecule has 1 aliphatic rings. The average Bonchev–Trinajstić information content (AvgIpc) is 3.19. The van der Waals surface area contributed by atoms with Crippen LogP contribution in [0.15, 0.2) is 24.8 Å². The number of H-pyrrole nitrogens is 1. The van der Waals surface area contributed by atoms with E-state index in [1.807, 2.05) is 10.6 Å². The Balaban J connectivity index is 1.65. The number of imidazole rings is 1. The molecule has 3 aromatic rings. The molecule has 132 valence electrons. The first-order valence-corrected chi connectivity index (χ1v) is 8.05. The highest BCUT2D eigenvalue weighted by Gasteiger charge is 2.35. The molecule has 4 rings (SSSR count). The third-order valence-corrected chi connectivity index (χ3v) is 4.61. The molecule has 0 aromatic carbocycles. The molecule has 9 heteroatoms. The predicted octanol–water partition coefficient (Wildman–Crippen LogP) is 3.03. The molecule has 0 spiro atoms. The summed E-state index contributed by atoms with van der Waals surface area (Å²) in [6, 6.07) is 1.80. The number of amides is 1. The molecule has 4 heterocycles. The maximum atomic E-state index is 12.5. The molecule has 1 amide bonds. The zero-order valence-electron chi connectivity index (χ0n) is 13.3. The van der Waals surface area contributed by atoms with Gasteiger partial charge in [-0.3, -0.25) is 4.79 Å². The summed E-state index contributed by atoms with van der Waals surface area (Å²) >= 11 is 0. The van der Waals surface area contributed by atoms with Crippen molar-refractivity contribution in [2.45, 2.75) is 31.5 Å². The first-order chi connectivity index (χ1) is 11.9. The summed E-state index contributed by atoms with van der Waals surface area (Å²) in [5, 5.41) is 0.911. The second-order valence-corrected chi connectivity index (χ2v) is 6.31.